The molecule has 0 rings (SSSR count). The van der Waals surface area contributed by atoms with E-state index in [1.807, 2.05) is 0 Å². The van der Waals surface area contributed by atoms with Gasteiger partial charge in [0.05, 0.1) is 0 Å². The lowest BCUT2D eigenvalue weighted by Gasteiger charge is -1.90. The second kappa shape index (κ2) is 7.39. The van der Waals surface area contributed by atoms with Crippen molar-refractivity contribution in [3.05, 3.63) is 0 Å². The monoisotopic (exact) mass is 135 g/mol. The standard InChI is InChI=1S/C3H7NO2.C2H6O/c1-2(4)3(5)6;1-3-2/h2H,4H2,1H3,(H,5,6);1-2H3/t2-;/m0./s1. The summed E-state index contributed by atoms with van der Waals surface area (Å²) in [6, 6.07) is -0.731. The van der Waals surface area contributed by atoms with Crippen LogP contribution in [0.2, 0.25) is 0 Å². The maximum absolute atomic E-state index is 9.57. The molecule has 0 aromatic carbocycles. The van der Waals surface area contributed by atoms with Crippen molar-refractivity contribution < 1.29 is 14.6 Å². The third kappa shape index (κ3) is 18.7. The molecular formula is C5H13NO3. The van der Waals surface area contributed by atoms with Gasteiger partial charge in [0.2, 0.25) is 0 Å². The largest absolute Gasteiger partial charge is 0.480 e. The number of carbonyl (C=O) groups is 1. The predicted molar refractivity (Wildman–Crippen MR) is 34.2 cm³/mol. The molecule has 9 heavy (non-hydrogen) atoms. The van der Waals surface area contributed by atoms with Gasteiger partial charge in [-0.15, -0.1) is 0 Å². The van der Waals surface area contributed by atoms with Crippen LogP contribution in [-0.2, 0) is 9.53 Å². The van der Waals surface area contributed by atoms with Crippen LogP contribution in [0.5, 0.6) is 0 Å². The number of hydrogen-bond donors (Lipinski definition) is 2. The van der Waals surface area contributed by atoms with Gasteiger partial charge in [0, 0.05) is 14.2 Å². The SMILES string of the molecule is COC.C[C@H](N)C(=O)O. The number of carboxylic acid groups (broad SMARTS) is 1. The van der Waals surface area contributed by atoms with Crippen molar-refractivity contribution >= 4 is 5.97 Å². The Labute approximate surface area is 54.6 Å². The summed E-state index contributed by atoms with van der Waals surface area (Å²) in [4.78, 5) is 9.57. The van der Waals surface area contributed by atoms with E-state index in [0.29, 0.717) is 0 Å². The van der Waals surface area contributed by atoms with Crippen LogP contribution in [0.4, 0.5) is 0 Å². The second-order valence-corrected chi connectivity index (χ2v) is 1.54. The predicted octanol–water partition coefficient (Wildman–Crippen LogP) is -0.319. The Bertz CT molecular complexity index is 72.6. The van der Waals surface area contributed by atoms with E-state index in [9.17, 15) is 4.79 Å². The molecule has 3 N–H and O–H groups in total. The summed E-state index contributed by atoms with van der Waals surface area (Å²) in [6.07, 6.45) is 0. The van der Waals surface area contributed by atoms with Crippen LogP contribution >= 0.6 is 0 Å². The third-order valence-corrected chi connectivity index (χ3v) is 0.390. The Kier molecular flexibility index (Phi) is 9.21. The minimum absolute atomic E-state index is 0.731. The number of hydrogen-bond acceptors (Lipinski definition) is 3. The van der Waals surface area contributed by atoms with E-state index in [-0.39, 0.29) is 0 Å². The topological polar surface area (TPSA) is 72.5 Å². The molecule has 56 valence electrons. The maximum Gasteiger partial charge on any atom is 0.320 e. The van der Waals surface area contributed by atoms with E-state index >= 15 is 0 Å². The molecule has 0 bridgehead atoms. The van der Waals surface area contributed by atoms with Gasteiger partial charge >= 0.3 is 5.97 Å². The first kappa shape index (κ1) is 11.2. The van der Waals surface area contributed by atoms with Gasteiger partial charge in [0.15, 0.2) is 0 Å². The fourth-order valence-electron chi connectivity index (χ4n) is 0. The van der Waals surface area contributed by atoms with Crippen LogP contribution in [0, 0.1) is 0 Å². The van der Waals surface area contributed by atoms with Gasteiger partial charge in [-0.05, 0) is 6.92 Å². The highest BCUT2D eigenvalue weighted by Crippen LogP contribution is 1.68. The van der Waals surface area contributed by atoms with Gasteiger partial charge in [0.1, 0.15) is 6.04 Å². The van der Waals surface area contributed by atoms with E-state index in [0.717, 1.165) is 0 Å². The Hall–Kier alpha value is -0.610. The van der Waals surface area contributed by atoms with E-state index in [1.54, 1.807) is 14.2 Å². The lowest BCUT2D eigenvalue weighted by atomic mass is 10.4. The zero-order valence-corrected chi connectivity index (χ0v) is 5.92. The number of nitrogens with two attached hydrogens (primary N) is 1. The molecule has 0 aromatic rings. The molecule has 0 aliphatic rings. The lowest BCUT2D eigenvalue weighted by Crippen LogP contribution is -2.25. The van der Waals surface area contributed by atoms with Gasteiger partial charge < -0.3 is 15.6 Å². The first-order valence-electron chi connectivity index (χ1n) is 2.44. The van der Waals surface area contributed by atoms with Crippen molar-refractivity contribution in [2.75, 3.05) is 14.2 Å². The van der Waals surface area contributed by atoms with E-state index < -0.39 is 12.0 Å². The quantitative estimate of drug-likeness (QED) is 0.517. The number of aliphatic carboxylic acids is 1. The van der Waals surface area contributed by atoms with Crippen LogP contribution in [0.15, 0.2) is 0 Å². The number of carboxylic acids is 1. The van der Waals surface area contributed by atoms with Crippen molar-refractivity contribution in [1.82, 2.24) is 0 Å². The summed E-state index contributed by atoms with van der Waals surface area (Å²) in [7, 11) is 3.25. The average molecular weight is 135 g/mol. The molecule has 0 aromatic heterocycles. The van der Waals surface area contributed by atoms with Gasteiger partial charge in [-0.25, -0.2) is 0 Å². The Morgan fingerprint density at radius 2 is 1.78 bits per heavy atom. The molecule has 0 unspecified atom stereocenters. The molecule has 4 heteroatoms. The molecule has 0 aliphatic carbocycles. The number of ether oxygens (including phenoxy) is 1. The van der Waals surface area contributed by atoms with Crippen molar-refractivity contribution in [3.63, 3.8) is 0 Å². The van der Waals surface area contributed by atoms with Crippen LogP contribution in [0.1, 0.15) is 6.92 Å². The van der Waals surface area contributed by atoms with E-state index in [2.05, 4.69) is 4.74 Å². The Morgan fingerprint density at radius 3 is 1.78 bits per heavy atom. The summed E-state index contributed by atoms with van der Waals surface area (Å²) >= 11 is 0. The molecule has 0 saturated carbocycles. The van der Waals surface area contributed by atoms with Gasteiger partial charge in [-0.2, -0.15) is 0 Å². The first-order valence-corrected chi connectivity index (χ1v) is 2.44. The van der Waals surface area contributed by atoms with E-state index in [4.69, 9.17) is 10.8 Å². The molecule has 4 nitrogen and oxygen atoms in total. The van der Waals surface area contributed by atoms with Gasteiger partial charge in [-0.3, -0.25) is 4.79 Å². The minimum Gasteiger partial charge on any atom is -0.480 e. The van der Waals surface area contributed by atoms with Crippen molar-refractivity contribution in [1.29, 1.82) is 0 Å². The molecule has 0 heterocycles. The molecular weight excluding hydrogens is 122 g/mol. The lowest BCUT2D eigenvalue weighted by molar-refractivity contribution is -0.138. The van der Waals surface area contributed by atoms with Crippen LogP contribution in [0.25, 0.3) is 0 Å². The summed E-state index contributed by atoms with van der Waals surface area (Å²) in [5.41, 5.74) is 4.84. The fourth-order valence-corrected chi connectivity index (χ4v) is 0. The summed E-state index contributed by atoms with van der Waals surface area (Å²) in [6.45, 7) is 1.42. The molecule has 0 radical (unpaired) electrons. The van der Waals surface area contributed by atoms with Crippen molar-refractivity contribution in [2.24, 2.45) is 5.73 Å². The molecule has 0 amide bonds. The van der Waals surface area contributed by atoms with Gasteiger partial charge in [-0.1, -0.05) is 0 Å². The Morgan fingerprint density at radius 1 is 1.67 bits per heavy atom. The zero-order chi connectivity index (χ0) is 7.86. The normalized spacial score (nSPS) is 11.1. The smallest absolute Gasteiger partial charge is 0.320 e. The second-order valence-electron chi connectivity index (χ2n) is 1.54. The van der Waals surface area contributed by atoms with Crippen molar-refractivity contribution in [2.45, 2.75) is 13.0 Å². The molecule has 0 aliphatic heterocycles. The van der Waals surface area contributed by atoms with Crippen molar-refractivity contribution in [3.8, 4) is 0 Å². The summed E-state index contributed by atoms with van der Waals surface area (Å²) in [5, 5.41) is 7.87. The number of methoxy groups -OCH3 is 1. The number of rotatable bonds is 1. The minimum atomic E-state index is -0.963. The van der Waals surface area contributed by atoms with Crippen LogP contribution in [0.3, 0.4) is 0 Å². The summed E-state index contributed by atoms with van der Waals surface area (Å²) in [5.74, 6) is -0.963. The Balaban J connectivity index is 0. The molecule has 0 fully saturated rings. The highest BCUT2D eigenvalue weighted by molar-refractivity contribution is 5.72. The first-order chi connectivity index (χ1) is 4.06. The van der Waals surface area contributed by atoms with E-state index in [1.165, 1.54) is 6.92 Å². The third-order valence-electron chi connectivity index (χ3n) is 0.390. The highest BCUT2D eigenvalue weighted by Gasteiger charge is 1.99. The molecule has 1 atom stereocenters. The van der Waals surface area contributed by atoms with Crippen LogP contribution in [-0.4, -0.2) is 31.3 Å². The molecule has 0 spiro atoms. The van der Waals surface area contributed by atoms with Gasteiger partial charge in [0.25, 0.3) is 0 Å². The van der Waals surface area contributed by atoms with Crippen LogP contribution < -0.4 is 5.73 Å². The maximum atomic E-state index is 9.57. The zero-order valence-electron chi connectivity index (χ0n) is 5.92. The highest BCUT2D eigenvalue weighted by atomic mass is 16.4. The fraction of sp³-hybridized carbons (Fsp3) is 0.800. The molecule has 0 saturated heterocycles. The average Bonchev–Trinajstić information content (AvgIpc) is 1.68. The summed E-state index contributed by atoms with van der Waals surface area (Å²) < 4.78 is 4.25.